The first kappa shape index (κ1) is 11.6. The molecule has 0 saturated heterocycles. The van der Waals surface area contributed by atoms with Crippen molar-refractivity contribution in [3.05, 3.63) is 6.42 Å². The van der Waals surface area contributed by atoms with Crippen LogP contribution in [0.25, 0.3) is 0 Å². The molecule has 0 nitrogen and oxygen atoms in total. The second-order valence-corrected chi connectivity index (χ2v) is 3.12. The highest BCUT2D eigenvalue weighted by molar-refractivity contribution is 5.09. The lowest BCUT2D eigenvalue weighted by Crippen LogP contribution is -1.74. The Hall–Kier alpha value is -0.440. The van der Waals surface area contributed by atoms with E-state index in [0.717, 1.165) is 12.8 Å². The smallest absolute Gasteiger partial charge is 0.0340 e. The highest BCUT2D eigenvalue weighted by Gasteiger charge is 1.82. The van der Waals surface area contributed by atoms with E-state index in [9.17, 15) is 0 Å². The summed E-state index contributed by atoms with van der Waals surface area (Å²) < 4.78 is 0. The first-order valence-electron chi connectivity index (χ1n) is 5.21. The monoisotopic (exact) mass is 165 g/mol. The van der Waals surface area contributed by atoms with E-state index >= 15 is 0 Å². The van der Waals surface area contributed by atoms with Gasteiger partial charge >= 0.3 is 0 Å². The fourth-order valence-corrected chi connectivity index (χ4v) is 0.986. The fourth-order valence-electron chi connectivity index (χ4n) is 0.986. The molecule has 0 rings (SSSR count). The van der Waals surface area contributed by atoms with Gasteiger partial charge in [-0.1, -0.05) is 45.5 Å². The zero-order valence-corrected chi connectivity index (χ0v) is 8.53. The van der Waals surface area contributed by atoms with E-state index in [4.69, 9.17) is 0 Å². The van der Waals surface area contributed by atoms with Gasteiger partial charge in [-0.25, -0.2) is 0 Å². The molecule has 0 aliphatic carbocycles. The minimum absolute atomic E-state index is 1.08. The lowest BCUT2D eigenvalue weighted by atomic mass is 10.2. The van der Waals surface area contributed by atoms with Crippen LogP contribution in [0, 0.1) is 18.3 Å². The van der Waals surface area contributed by atoms with Gasteiger partial charge in [0.2, 0.25) is 0 Å². The Morgan fingerprint density at radius 3 is 2.42 bits per heavy atom. The minimum atomic E-state index is 1.08. The molecular weight excluding hydrogens is 144 g/mol. The maximum Gasteiger partial charge on any atom is 0.0340 e. The molecule has 0 aliphatic rings. The van der Waals surface area contributed by atoms with Crippen molar-refractivity contribution in [2.75, 3.05) is 0 Å². The van der Waals surface area contributed by atoms with Gasteiger partial charge < -0.3 is 0 Å². The molecule has 1 radical (unpaired) electrons. The van der Waals surface area contributed by atoms with Crippen LogP contribution in [0.3, 0.4) is 0 Å². The summed E-state index contributed by atoms with van der Waals surface area (Å²) in [5, 5.41) is 0. The molecule has 12 heavy (non-hydrogen) atoms. The summed E-state index contributed by atoms with van der Waals surface area (Å²) >= 11 is 0. The molecular formula is C12H21. The van der Waals surface area contributed by atoms with Crippen LogP contribution in [0.15, 0.2) is 0 Å². The molecule has 0 fully saturated rings. The minimum Gasteiger partial charge on any atom is -0.103 e. The Labute approximate surface area is 77.8 Å². The highest BCUT2D eigenvalue weighted by Crippen LogP contribution is 1.98. The fraction of sp³-hybridized carbons (Fsp3) is 0.750. The lowest BCUT2D eigenvalue weighted by Gasteiger charge is -1.89. The molecule has 0 unspecified atom stereocenters. The van der Waals surface area contributed by atoms with E-state index in [0.29, 0.717) is 0 Å². The average Bonchev–Trinajstić information content (AvgIpc) is 2.10. The number of rotatable bonds is 6. The summed E-state index contributed by atoms with van der Waals surface area (Å²) in [7, 11) is 0. The maximum atomic E-state index is 3.17. The molecule has 0 aromatic carbocycles. The van der Waals surface area contributed by atoms with Crippen molar-refractivity contribution in [2.45, 2.75) is 58.8 Å². The lowest BCUT2D eigenvalue weighted by molar-refractivity contribution is 0.737. The third kappa shape index (κ3) is 9.56. The maximum absolute atomic E-state index is 3.17. The van der Waals surface area contributed by atoms with E-state index in [1.807, 2.05) is 0 Å². The van der Waals surface area contributed by atoms with Crippen molar-refractivity contribution < 1.29 is 0 Å². The normalized spacial score (nSPS) is 9.17. The molecule has 0 atom stereocenters. The largest absolute Gasteiger partial charge is 0.103 e. The van der Waals surface area contributed by atoms with Gasteiger partial charge in [0.1, 0.15) is 0 Å². The average molecular weight is 165 g/mol. The van der Waals surface area contributed by atoms with Crippen LogP contribution in [0.4, 0.5) is 0 Å². The standard InChI is InChI=1S/C12H21/c1-3-5-7-9-11-12-10-8-6-4-2/h9H,3-8,10H2,1-2H3. The van der Waals surface area contributed by atoms with Crippen LogP contribution >= 0.6 is 0 Å². The SMILES string of the molecule is CCCC[CH]C#CCCCCC. The molecule has 0 spiro atoms. The number of unbranched alkanes of at least 4 members (excludes halogenated alkanes) is 6. The van der Waals surface area contributed by atoms with Crippen LogP contribution in [0.2, 0.25) is 0 Å². The molecule has 0 aromatic rings. The first-order chi connectivity index (χ1) is 5.91. The summed E-state index contributed by atoms with van der Waals surface area (Å²) in [5.41, 5.74) is 0. The third-order valence-electron chi connectivity index (χ3n) is 1.81. The second kappa shape index (κ2) is 10.6. The van der Waals surface area contributed by atoms with E-state index in [1.54, 1.807) is 0 Å². The van der Waals surface area contributed by atoms with E-state index in [2.05, 4.69) is 32.1 Å². The molecule has 0 amide bonds. The predicted molar refractivity (Wildman–Crippen MR) is 55.7 cm³/mol. The van der Waals surface area contributed by atoms with Crippen molar-refractivity contribution in [1.29, 1.82) is 0 Å². The van der Waals surface area contributed by atoms with Crippen molar-refractivity contribution >= 4 is 0 Å². The van der Waals surface area contributed by atoms with Crippen LogP contribution in [0.5, 0.6) is 0 Å². The van der Waals surface area contributed by atoms with Gasteiger partial charge in [-0.3, -0.25) is 0 Å². The molecule has 0 bridgehead atoms. The summed E-state index contributed by atoms with van der Waals surface area (Å²) in [6.45, 7) is 4.43. The predicted octanol–water partition coefficient (Wildman–Crippen LogP) is 3.96. The molecule has 0 heteroatoms. The Bertz CT molecular complexity index is 111. The zero-order valence-electron chi connectivity index (χ0n) is 8.53. The Morgan fingerprint density at radius 1 is 1.00 bits per heavy atom. The van der Waals surface area contributed by atoms with E-state index in [1.165, 1.54) is 32.1 Å². The first-order valence-corrected chi connectivity index (χ1v) is 5.21. The van der Waals surface area contributed by atoms with Crippen LogP contribution < -0.4 is 0 Å². The van der Waals surface area contributed by atoms with Gasteiger partial charge in [-0.05, 0) is 12.8 Å². The quantitative estimate of drug-likeness (QED) is 0.413. The topological polar surface area (TPSA) is 0 Å². The zero-order chi connectivity index (χ0) is 9.07. The Morgan fingerprint density at radius 2 is 1.75 bits per heavy atom. The Balaban J connectivity index is 3.01. The Kier molecular flexibility index (Phi) is 10.2. The summed E-state index contributed by atoms with van der Waals surface area (Å²) in [5.74, 6) is 6.28. The molecule has 0 aliphatic heterocycles. The van der Waals surface area contributed by atoms with Crippen LogP contribution in [0.1, 0.15) is 58.8 Å². The second-order valence-electron chi connectivity index (χ2n) is 3.12. The van der Waals surface area contributed by atoms with Crippen molar-refractivity contribution in [3.63, 3.8) is 0 Å². The van der Waals surface area contributed by atoms with Crippen LogP contribution in [-0.4, -0.2) is 0 Å². The van der Waals surface area contributed by atoms with E-state index < -0.39 is 0 Å². The number of hydrogen-bond acceptors (Lipinski definition) is 0. The van der Waals surface area contributed by atoms with E-state index in [-0.39, 0.29) is 0 Å². The summed E-state index contributed by atoms with van der Waals surface area (Å²) in [4.78, 5) is 0. The molecule has 69 valence electrons. The van der Waals surface area contributed by atoms with Gasteiger partial charge in [-0.15, -0.1) is 5.92 Å². The number of hydrogen-bond donors (Lipinski definition) is 0. The van der Waals surface area contributed by atoms with Crippen molar-refractivity contribution in [2.24, 2.45) is 0 Å². The van der Waals surface area contributed by atoms with Crippen molar-refractivity contribution in [1.82, 2.24) is 0 Å². The molecule has 0 N–H and O–H groups in total. The third-order valence-corrected chi connectivity index (χ3v) is 1.81. The highest BCUT2D eigenvalue weighted by atomic mass is 13.9. The summed E-state index contributed by atoms with van der Waals surface area (Å²) in [6, 6.07) is 0. The van der Waals surface area contributed by atoms with Gasteiger partial charge in [-0.2, -0.15) is 0 Å². The van der Waals surface area contributed by atoms with Gasteiger partial charge in [0.05, 0.1) is 0 Å². The molecule has 0 heterocycles. The van der Waals surface area contributed by atoms with Gasteiger partial charge in [0.15, 0.2) is 0 Å². The summed E-state index contributed by atoms with van der Waals surface area (Å²) in [6.07, 6.45) is 10.8. The van der Waals surface area contributed by atoms with Crippen molar-refractivity contribution in [3.8, 4) is 11.8 Å². The van der Waals surface area contributed by atoms with Gasteiger partial charge in [0, 0.05) is 12.8 Å². The van der Waals surface area contributed by atoms with Crippen LogP contribution in [-0.2, 0) is 0 Å². The molecule has 0 aromatic heterocycles. The molecule has 0 saturated carbocycles. The van der Waals surface area contributed by atoms with Gasteiger partial charge in [0.25, 0.3) is 0 Å².